The normalized spacial score (nSPS) is 17.8. The van der Waals surface area contributed by atoms with Gasteiger partial charge in [-0.05, 0) is 18.6 Å². The number of ether oxygens (including phenoxy) is 1. The smallest absolute Gasteiger partial charge is 0.238 e. The predicted molar refractivity (Wildman–Crippen MR) is 97.1 cm³/mol. The maximum Gasteiger partial charge on any atom is 0.238 e. The lowest BCUT2D eigenvalue weighted by Gasteiger charge is -2.36. The number of sulfonamides is 1. The minimum atomic E-state index is -3.52. The van der Waals surface area contributed by atoms with Crippen LogP contribution in [0.1, 0.15) is 18.5 Å². The molecule has 2 heterocycles. The van der Waals surface area contributed by atoms with Crippen molar-refractivity contribution in [3.63, 3.8) is 0 Å². The molecule has 1 amide bonds. The molecule has 8 nitrogen and oxygen atoms in total. The molecule has 1 unspecified atom stereocenters. The predicted octanol–water partition coefficient (Wildman–Crippen LogP) is -0.0678. The minimum absolute atomic E-state index is 0. The van der Waals surface area contributed by atoms with Crippen LogP contribution in [0.15, 0.2) is 24.5 Å². The van der Waals surface area contributed by atoms with E-state index in [0.29, 0.717) is 26.2 Å². The van der Waals surface area contributed by atoms with E-state index >= 15 is 0 Å². The molecule has 25 heavy (non-hydrogen) atoms. The van der Waals surface area contributed by atoms with Crippen LogP contribution in [0, 0.1) is 0 Å². The molecule has 1 atom stereocenters. The van der Waals surface area contributed by atoms with Crippen molar-refractivity contribution in [3.8, 4) is 0 Å². The third-order valence-electron chi connectivity index (χ3n) is 3.78. The number of carbonyl (C=O) groups is 1. The summed E-state index contributed by atoms with van der Waals surface area (Å²) in [6.45, 7) is 3.96. The quantitative estimate of drug-likeness (QED) is 0.601. The number of nitrogens with zero attached hydrogens (tertiary/aromatic N) is 2. The van der Waals surface area contributed by atoms with Crippen molar-refractivity contribution in [2.75, 3.05) is 45.1 Å². The number of aromatic nitrogens is 1. The maximum absolute atomic E-state index is 12.5. The lowest BCUT2D eigenvalue weighted by atomic mass is 10.1. The Kier molecular flexibility index (Phi) is 9.30. The van der Waals surface area contributed by atoms with Gasteiger partial charge in [0.1, 0.15) is 0 Å². The minimum Gasteiger partial charge on any atom is -0.381 e. The highest BCUT2D eigenvalue weighted by Gasteiger charge is 2.28. The third-order valence-corrected chi connectivity index (χ3v) is 5.07. The summed E-state index contributed by atoms with van der Waals surface area (Å²) in [6, 6.07) is 3.59. The van der Waals surface area contributed by atoms with Crippen molar-refractivity contribution in [2.24, 2.45) is 0 Å². The van der Waals surface area contributed by atoms with Gasteiger partial charge in [0.25, 0.3) is 0 Å². The van der Waals surface area contributed by atoms with E-state index < -0.39 is 10.0 Å². The first-order chi connectivity index (χ1) is 11.5. The molecule has 0 radical (unpaired) electrons. The molecule has 1 saturated heterocycles. The number of amides is 1. The van der Waals surface area contributed by atoms with Gasteiger partial charge in [0, 0.05) is 38.6 Å². The summed E-state index contributed by atoms with van der Waals surface area (Å²) in [5.74, 6) is -0.396. The van der Waals surface area contributed by atoms with E-state index in [0.717, 1.165) is 5.56 Å². The molecular formula is C15H25ClN4O4S. The summed E-state index contributed by atoms with van der Waals surface area (Å²) in [5.41, 5.74) is 0.928. The van der Waals surface area contributed by atoms with Crippen molar-refractivity contribution in [3.05, 3.63) is 30.1 Å². The molecule has 1 aromatic heterocycles. The van der Waals surface area contributed by atoms with Gasteiger partial charge in [-0.3, -0.25) is 9.78 Å². The van der Waals surface area contributed by atoms with E-state index in [-0.39, 0.29) is 43.3 Å². The Morgan fingerprint density at radius 1 is 1.52 bits per heavy atom. The average molecular weight is 393 g/mol. The lowest BCUT2D eigenvalue weighted by molar-refractivity contribution is -0.133. The number of nitrogens with one attached hydrogen (secondary N) is 2. The van der Waals surface area contributed by atoms with Crippen LogP contribution in [-0.2, 0) is 19.6 Å². The molecule has 0 aliphatic carbocycles. The Morgan fingerprint density at radius 2 is 2.32 bits per heavy atom. The highest BCUT2D eigenvalue weighted by molar-refractivity contribution is 7.89. The SMILES string of the molecule is CCOCCS(=O)(=O)NCC(=O)N1CCNCC1c1cccnc1.Cl. The van der Waals surface area contributed by atoms with Crippen molar-refractivity contribution >= 4 is 28.3 Å². The molecule has 10 heteroatoms. The van der Waals surface area contributed by atoms with E-state index in [1.54, 1.807) is 24.2 Å². The molecule has 0 aromatic carbocycles. The Labute approximate surface area is 154 Å². The highest BCUT2D eigenvalue weighted by Crippen LogP contribution is 2.21. The van der Waals surface area contributed by atoms with Crippen molar-refractivity contribution < 1.29 is 17.9 Å². The third kappa shape index (κ3) is 6.87. The zero-order chi connectivity index (χ0) is 17.4. The van der Waals surface area contributed by atoms with E-state index in [1.807, 2.05) is 12.1 Å². The van der Waals surface area contributed by atoms with Gasteiger partial charge in [-0.1, -0.05) is 6.07 Å². The molecule has 1 aliphatic heterocycles. The summed E-state index contributed by atoms with van der Waals surface area (Å²) in [6.07, 6.45) is 3.41. The molecule has 1 aliphatic rings. The molecule has 2 N–H and O–H groups in total. The fourth-order valence-electron chi connectivity index (χ4n) is 2.53. The molecule has 1 aromatic rings. The number of piperazine rings is 1. The Morgan fingerprint density at radius 3 is 3.00 bits per heavy atom. The summed E-state index contributed by atoms with van der Waals surface area (Å²) < 4.78 is 31.1. The molecular weight excluding hydrogens is 368 g/mol. The highest BCUT2D eigenvalue weighted by atomic mass is 35.5. The molecule has 2 rings (SSSR count). The largest absolute Gasteiger partial charge is 0.381 e. The van der Waals surface area contributed by atoms with Crippen LogP contribution in [0.25, 0.3) is 0 Å². The number of hydrogen-bond acceptors (Lipinski definition) is 6. The van der Waals surface area contributed by atoms with E-state index in [2.05, 4.69) is 15.0 Å². The van der Waals surface area contributed by atoms with Crippen LogP contribution in [0.2, 0.25) is 0 Å². The molecule has 0 spiro atoms. The van der Waals surface area contributed by atoms with Crippen molar-refractivity contribution in [1.82, 2.24) is 19.9 Å². The summed E-state index contributed by atoms with van der Waals surface area (Å²) in [7, 11) is -3.52. The second-order valence-electron chi connectivity index (χ2n) is 5.43. The summed E-state index contributed by atoms with van der Waals surface area (Å²) >= 11 is 0. The molecule has 0 bridgehead atoms. The van der Waals surface area contributed by atoms with Crippen LogP contribution in [-0.4, -0.2) is 69.4 Å². The Hall–Kier alpha value is -1.26. The van der Waals surface area contributed by atoms with Gasteiger partial charge in [0.15, 0.2) is 0 Å². The average Bonchev–Trinajstić information content (AvgIpc) is 2.61. The van der Waals surface area contributed by atoms with Crippen LogP contribution >= 0.6 is 12.4 Å². The van der Waals surface area contributed by atoms with Crippen molar-refractivity contribution in [1.29, 1.82) is 0 Å². The number of halogens is 1. The number of hydrogen-bond donors (Lipinski definition) is 2. The van der Waals surface area contributed by atoms with Gasteiger partial charge in [0.05, 0.1) is 24.9 Å². The standard InChI is InChI=1S/C15H24N4O4S.ClH/c1-2-23-8-9-24(21,22)18-12-15(20)19-7-6-17-11-14(19)13-4-3-5-16-10-13;/h3-5,10,14,17-18H,2,6-9,11-12H2,1H3;1H. The van der Waals surface area contributed by atoms with Gasteiger partial charge in [-0.25, -0.2) is 13.1 Å². The fraction of sp³-hybridized carbons (Fsp3) is 0.600. The first-order valence-electron chi connectivity index (χ1n) is 7.98. The van der Waals surface area contributed by atoms with Gasteiger partial charge >= 0.3 is 0 Å². The van der Waals surface area contributed by atoms with Crippen LogP contribution in [0.5, 0.6) is 0 Å². The fourth-order valence-corrected chi connectivity index (χ4v) is 3.36. The van der Waals surface area contributed by atoms with E-state index in [9.17, 15) is 13.2 Å². The summed E-state index contributed by atoms with van der Waals surface area (Å²) in [5, 5.41) is 3.25. The Bertz CT molecular complexity index is 630. The zero-order valence-electron chi connectivity index (χ0n) is 14.2. The second kappa shape index (κ2) is 10.7. The molecule has 142 valence electrons. The first kappa shape index (κ1) is 21.8. The first-order valence-corrected chi connectivity index (χ1v) is 9.64. The van der Waals surface area contributed by atoms with E-state index in [1.165, 1.54) is 0 Å². The van der Waals surface area contributed by atoms with Crippen LogP contribution in [0.4, 0.5) is 0 Å². The summed E-state index contributed by atoms with van der Waals surface area (Å²) in [4.78, 5) is 18.3. The lowest BCUT2D eigenvalue weighted by Crippen LogP contribution is -2.51. The number of carbonyl (C=O) groups excluding carboxylic acids is 1. The van der Waals surface area contributed by atoms with Gasteiger partial charge in [-0.2, -0.15) is 0 Å². The maximum atomic E-state index is 12.5. The Balaban J connectivity index is 0.00000312. The monoisotopic (exact) mass is 392 g/mol. The van der Waals surface area contributed by atoms with Gasteiger partial charge in [0.2, 0.25) is 15.9 Å². The number of rotatable bonds is 8. The van der Waals surface area contributed by atoms with Gasteiger partial charge in [-0.15, -0.1) is 12.4 Å². The van der Waals surface area contributed by atoms with Crippen molar-refractivity contribution in [2.45, 2.75) is 13.0 Å². The number of pyridine rings is 1. The molecule has 0 saturated carbocycles. The second-order valence-corrected chi connectivity index (χ2v) is 7.36. The zero-order valence-corrected chi connectivity index (χ0v) is 15.8. The van der Waals surface area contributed by atoms with Crippen LogP contribution < -0.4 is 10.0 Å². The molecule has 1 fully saturated rings. The van der Waals surface area contributed by atoms with Gasteiger partial charge < -0.3 is 15.0 Å². The topological polar surface area (TPSA) is 101 Å². The van der Waals surface area contributed by atoms with E-state index in [4.69, 9.17) is 4.74 Å². The van der Waals surface area contributed by atoms with Crippen LogP contribution in [0.3, 0.4) is 0 Å².